The fraction of sp³-hybridized carbons (Fsp3) is 0.375. The van der Waals surface area contributed by atoms with Crippen LogP contribution in [-0.2, 0) is 4.79 Å². The van der Waals surface area contributed by atoms with E-state index in [9.17, 15) is 4.79 Å². The maximum Gasteiger partial charge on any atom is 0.232 e. The van der Waals surface area contributed by atoms with Crippen molar-refractivity contribution in [2.24, 2.45) is 0 Å². The number of anilines is 3. The molecule has 10 nitrogen and oxygen atoms in total. The number of H-pyrrole nitrogens is 1. The van der Waals surface area contributed by atoms with Gasteiger partial charge in [0, 0.05) is 38.4 Å². The molecule has 4 rings (SSSR count). The number of fused-ring (bicyclic) bond motifs is 1. The zero-order valence-electron chi connectivity index (χ0n) is 14.1. The number of carbonyl (C=O) groups excluding carboxylic acids is 1. The number of aromatic amines is 1. The molecule has 3 aromatic heterocycles. The minimum atomic E-state index is 0.249. The Balaban J connectivity index is 1.43. The van der Waals surface area contributed by atoms with Crippen LogP contribution in [0.4, 0.5) is 17.6 Å². The molecule has 134 valence electrons. The minimum absolute atomic E-state index is 0.249. The van der Waals surface area contributed by atoms with Gasteiger partial charge in [0.1, 0.15) is 5.52 Å². The molecule has 4 heterocycles. The van der Waals surface area contributed by atoms with Crippen LogP contribution in [0.15, 0.2) is 24.9 Å². The van der Waals surface area contributed by atoms with Crippen LogP contribution >= 0.6 is 0 Å². The highest BCUT2D eigenvalue weighted by atomic mass is 16.2. The van der Waals surface area contributed by atoms with E-state index in [-0.39, 0.29) is 5.91 Å². The summed E-state index contributed by atoms with van der Waals surface area (Å²) < 4.78 is 0. The molecule has 0 bridgehead atoms. The van der Waals surface area contributed by atoms with Crippen LogP contribution in [-0.4, -0.2) is 60.3 Å². The quantitative estimate of drug-likeness (QED) is 0.543. The topological polar surface area (TPSA) is 125 Å². The van der Waals surface area contributed by atoms with Crippen LogP contribution in [0.2, 0.25) is 0 Å². The number of amides is 1. The Kier molecular flexibility index (Phi) is 4.54. The summed E-state index contributed by atoms with van der Waals surface area (Å²) in [5, 5.41) is 6.33. The Morgan fingerprint density at radius 3 is 3.00 bits per heavy atom. The molecule has 1 saturated heterocycles. The van der Waals surface area contributed by atoms with Gasteiger partial charge >= 0.3 is 0 Å². The highest BCUT2D eigenvalue weighted by Crippen LogP contribution is 2.20. The highest BCUT2D eigenvalue weighted by molar-refractivity contribution is 5.84. The second-order valence-electron chi connectivity index (χ2n) is 5.98. The predicted octanol–water partition coefficient (Wildman–Crippen LogP) is 1.31. The zero-order valence-corrected chi connectivity index (χ0v) is 14.1. The summed E-state index contributed by atoms with van der Waals surface area (Å²) in [6.45, 7) is 2.32. The molecule has 0 atom stereocenters. The monoisotopic (exact) mass is 353 g/mol. The number of imidazole rings is 1. The predicted molar refractivity (Wildman–Crippen MR) is 95.9 cm³/mol. The van der Waals surface area contributed by atoms with Crippen molar-refractivity contribution in [2.75, 3.05) is 30.3 Å². The average molecular weight is 353 g/mol. The van der Waals surface area contributed by atoms with Crippen molar-refractivity contribution in [1.29, 1.82) is 0 Å². The molecule has 0 aliphatic carbocycles. The molecule has 1 fully saturated rings. The lowest BCUT2D eigenvalue weighted by molar-refractivity contribution is -0.127. The molecular formula is C16H19N9O. The van der Waals surface area contributed by atoms with Gasteiger partial charge in [-0.2, -0.15) is 9.97 Å². The van der Waals surface area contributed by atoms with Crippen molar-refractivity contribution in [3.05, 3.63) is 24.9 Å². The second kappa shape index (κ2) is 7.30. The summed E-state index contributed by atoms with van der Waals surface area (Å²) >= 11 is 0. The third-order valence-corrected chi connectivity index (χ3v) is 4.16. The van der Waals surface area contributed by atoms with Crippen LogP contribution in [0.1, 0.15) is 19.3 Å². The molecule has 1 amide bonds. The van der Waals surface area contributed by atoms with Crippen molar-refractivity contribution in [3.63, 3.8) is 0 Å². The lowest BCUT2D eigenvalue weighted by Crippen LogP contribution is -2.27. The van der Waals surface area contributed by atoms with Crippen molar-refractivity contribution >= 4 is 34.7 Å². The Morgan fingerprint density at radius 2 is 2.19 bits per heavy atom. The lowest BCUT2D eigenvalue weighted by atomic mass is 10.3. The third-order valence-electron chi connectivity index (χ3n) is 4.16. The molecule has 0 radical (unpaired) electrons. The summed E-state index contributed by atoms with van der Waals surface area (Å²) in [5.41, 5.74) is 1.30. The summed E-state index contributed by atoms with van der Waals surface area (Å²) in [6, 6.07) is 0. The smallest absolute Gasteiger partial charge is 0.232 e. The van der Waals surface area contributed by atoms with Crippen molar-refractivity contribution in [1.82, 2.24) is 34.8 Å². The Hall–Kier alpha value is -3.30. The number of hydrogen-bond acceptors (Lipinski definition) is 8. The summed E-state index contributed by atoms with van der Waals surface area (Å²) in [4.78, 5) is 37.9. The Bertz CT molecular complexity index is 895. The van der Waals surface area contributed by atoms with Gasteiger partial charge in [-0.3, -0.25) is 9.78 Å². The highest BCUT2D eigenvalue weighted by Gasteiger charge is 2.19. The molecule has 0 spiro atoms. The molecule has 26 heavy (non-hydrogen) atoms. The van der Waals surface area contributed by atoms with Gasteiger partial charge in [-0.1, -0.05) is 0 Å². The van der Waals surface area contributed by atoms with Crippen LogP contribution in [0.25, 0.3) is 11.2 Å². The number of hydrogen-bond donors (Lipinski definition) is 3. The van der Waals surface area contributed by atoms with Crippen LogP contribution < -0.4 is 10.6 Å². The van der Waals surface area contributed by atoms with Crippen molar-refractivity contribution in [3.8, 4) is 0 Å². The number of nitrogens with one attached hydrogen (secondary N) is 3. The average Bonchev–Trinajstić information content (AvgIpc) is 3.28. The number of rotatable bonds is 7. The standard InChI is InChI=1S/C16H19N9O/c26-12-3-1-7-25(12)8-2-4-19-14-13-15(21-10-20-13)24-16(23-14)22-11-9-17-5-6-18-11/h5-6,9-10H,1-4,7-8H2,(H3,18,19,20,21,22,23,24). The maximum absolute atomic E-state index is 11.6. The normalized spacial score (nSPS) is 14.2. The van der Waals surface area contributed by atoms with Crippen LogP contribution in [0.5, 0.6) is 0 Å². The van der Waals surface area contributed by atoms with E-state index in [1.165, 1.54) is 0 Å². The van der Waals surface area contributed by atoms with E-state index >= 15 is 0 Å². The molecule has 0 unspecified atom stereocenters. The third kappa shape index (κ3) is 3.53. The Morgan fingerprint density at radius 1 is 1.23 bits per heavy atom. The van der Waals surface area contributed by atoms with Gasteiger partial charge in [0.25, 0.3) is 0 Å². The molecule has 1 aliphatic rings. The van der Waals surface area contributed by atoms with Crippen LogP contribution in [0.3, 0.4) is 0 Å². The van der Waals surface area contributed by atoms with Gasteiger partial charge in [0.2, 0.25) is 11.9 Å². The molecule has 3 aromatic rings. The molecule has 10 heteroatoms. The summed E-state index contributed by atoms with van der Waals surface area (Å²) in [7, 11) is 0. The first-order chi connectivity index (χ1) is 12.8. The molecule has 1 aliphatic heterocycles. The van der Waals surface area contributed by atoms with Crippen molar-refractivity contribution in [2.45, 2.75) is 19.3 Å². The van der Waals surface area contributed by atoms with Crippen molar-refractivity contribution < 1.29 is 4.79 Å². The summed E-state index contributed by atoms with van der Waals surface area (Å²) in [5.74, 6) is 1.85. The van der Waals surface area contributed by atoms with Gasteiger partial charge in [0.15, 0.2) is 17.3 Å². The zero-order chi connectivity index (χ0) is 17.8. The maximum atomic E-state index is 11.6. The van der Waals surface area contributed by atoms with E-state index in [1.807, 2.05) is 4.90 Å². The molecule has 0 saturated carbocycles. The number of likely N-dealkylation sites (tertiary alicyclic amines) is 1. The first-order valence-electron chi connectivity index (χ1n) is 8.55. The van der Waals surface area contributed by atoms with E-state index < -0.39 is 0 Å². The Labute approximate surface area is 149 Å². The lowest BCUT2D eigenvalue weighted by Gasteiger charge is -2.15. The van der Waals surface area contributed by atoms with Gasteiger partial charge in [-0.15, -0.1) is 0 Å². The van der Waals surface area contributed by atoms with E-state index in [0.29, 0.717) is 36.2 Å². The van der Waals surface area contributed by atoms with Gasteiger partial charge < -0.3 is 20.5 Å². The first kappa shape index (κ1) is 16.2. The number of aromatic nitrogens is 6. The van der Waals surface area contributed by atoms with Crippen LogP contribution in [0, 0.1) is 0 Å². The fourth-order valence-corrected chi connectivity index (χ4v) is 2.91. The molecule has 0 aromatic carbocycles. The fourth-order valence-electron chi connectivity index (χ4n) is 2.91. The van der Waals surface area contributed by atoms with E-state index in [0.717, 1.165) is 31.4 Å². The molecule has 3 N–H and O–H groups in total. The second-order valence-corrected chi connectivity index (χ2v) is 5.98. The number of carbonyl (C=O) groups is 1. The van der Waals surface area contributed by atoms with E-state index in [2.05, 4.69) is 40.5 Å². The number of nitrogens with zero attached hydrogens (tertiary/aromatic N) is 6. The van der Waals surface area contributed by atoms with E-state index in [1.54, 1.807) is 24.9 Å². The van der Waals surface area contributed by atoms with Gasteiger partial charge in [-0.25, -0.2) is 9.97 Å². The minimum Gasteiger partial charge on any atom is -0.368 e. The SMILES string of the molecule is O=C1CCCN1CCCNc1nc(Nc2cnccn2)nc2nc[nH]c12. The largest absolute Gasteiger partial charge is 0.368 e. The van der Waals surface area contributed by atoms with Gasteiger partial charge in [-0.05, 0) is 12.8 Å². The first-order valence-corrected chi connectivity index (χ1v) is 8.55. The van der Waals surface area contributed by atoms with Gasteiger partial charge in [0.05, 0.1) is 12.5 Å². The molecular weight excluding hydrogens is 334 g/mol. The summed E-state index contributed by atoms with van der Waals surface area (Å²) in [6.07, 6.45) is 8.85. The van der Waals surface area contributed by atoms with E-state index in [4.69, 9.17) is 0 Å².